The van der Waals surface area contributed by atoms with Gasteiger partial charge < -0.3 is 10.5 Å². The topological polar surface area (TPSA) is 65.2 Å². The summed E-state index contributed by atoms with van der Waals surface area (Å²) >= 11 is 0. The normalized spacial score (nSPS) is 16.7. The average molecular weight is 372 g/mol. The average Bonchev–Trinajstić information content (AvgIpc) is 2.52. The van der Waals surface area contributed by atoms with Crippen LogP contribution in [0.25, 0.3) is 11.1 Å². The molecule has 0 unspecified atom stereocenters. The second-order valence-electron chi connectivity index (χ2n) is 5.93. The number of hydrogen-bond donors (Lipinski definition) is 1. The first-order valence-electron chi connectivity index (χ1n) is 7.66. The number of carbonyl (C=O) groups excluding carboxylic acids is 1. The quantitative estimate of drug-likeness (QED) is 0.834. The Morgan fingerprint density at radius 2 is 1.96 bits per heavy atom. The Balaban J connectivity index is 2.08. The molecule has 1 aliphatic rings. The highest BCUT2D eigenvalue weighted by Gasteiger charge is 2.36. The minimum atomic E-state index is -4.42. The number of nitrogens with two attached hydrogens (primary N) is 1. The number of ether oxygens (including phenoxy) is 1. The summed E-state index contributed by atoms with van der Waals surface area (Å²) in [4.78, 5) is 15.4. The minimum Gasteiger partial charge on any atom is -0.474 e. The second kappa shape index (κ2) is 6.54. The Morgan fingerprint density at radius 3 is 2.58 bits per heavy atom. The summed E-state index contributed by atoms with van der Waals surface area (Å²) in [5.74, 6) is -2.81. The highest BCUT2D eigenvalue weighted by atomic mass is 19.4. The van der Waals surface area contributed by atoms with E-state index in [1.54, 1.807) is 0 Å². The fraction of sp³-hybridized carbons (Fsp3) is 0.294. The van der Waals surface area contributed by atoms with Crippen LogP contribution in [-0.2, 0) is 6.42 Å². The smallest absolute Gasteiger partial charge is 0.392 e. The Morgan fingerprint density at radius 1 is 1.23 bits per heavy atom. The standard InChI is InChI=1S/C17H13F5N2O2/c18-8-1-3-10(13(19)5-8)12-6-14(15(23)25)24-16-11(12)4-2-9(26-16)7-17(20,21)22/h1,3,5-6,9H,2,4,7H2,(H2,23,25)/t9-/m0/s1. The number of nitrogens with zero attached hydrogens (tertiary/aromatic N) is 1. The first-order valence-corrected chi connectivity index (χ1v) is 7.66. The first kappa shape index (κ1) is 18.1. The van der Waals surface area contributed by atoms with Crippen LogP contribution in [-0.4, -0.2) is 23.2 Å². The molecular formula is C17H13F5N2O2. The van der Waals surface area contributed by atoms with Crippen LogP contribution >= 0.6 is 0 Å². The lowest BCUT2D eigenvalue weighted by molar-refractivity contribution is -0.152. The number of benzene rings is 1. The van der Waals surface area contributed by atoms with Crippen LogP contribution in [0.2, 0.25) is 0 Å². The molecule has 1 amide bonds. The van der Waals surface area contributed by atoms with E-state index in [0.29, 0.717) is 11.6 Å². The molecule has 9 heteroatoms. The highest BCUT2D eigenvalue weighted by Crippen LogP contribution is 2.38. The molecular weight excluding hydrogens is 359 g/mol. The molecule has 1 aromatic heterocycles. The highest BCUT2D eigenvalue weighted by molar-refractivity contribution is 5.93. The summed E-state index contributed by atoms with van der Waals surface area (Å²) in [6, 6.07) is 4.10. The third-order valence-corrected chi connectivity index (χ3v) is 4.01. The summed E-state index contributed by atoms with van der Waals surface area (Å²) in [5, 5.41) is 0. The van der Waals surface area contributed by atoms with Crippen LogP contribution in [0.1, 0.15) is 28.9 Å². The van der Waals surface area contributed by atoms with Gasteiger partial charge in [0.05, 0.1) is 6.42 Å². The number of amides is 1. The predicted octanol–water partition coefficient (Wildman–Crippen LogP) is 3.77. The minimum absolute atomic E-state index is 0.0228. The van der Waals surface area contributed by atoms with Crippen molar-refractivity contribution < 1.29 is 31.5 Å². The monoisotopic (exact) mass is 372 g/mol. The van der Waals surface area contributed by atoms with E-state index in [0.717, 1.165) is 6.07 Å². The summed E-state index contributed by atoms with van der Waals surface area (Å²) in [6.07, 6.45) is -6.58. The van der Waals surface area contributed by atoms with Crippen molar-refractivity contribution in [2.24, 2.45) is 5.73 Å². The molecule has 1 atom stereocenters. The second-order valence-corrected chi connectivity index (χ2v) is 5.93. The molecule has 0 bridgehead atoms. The van der Waals surface area contributed by atoms with Crippen molar-refractivity contribution in [1.82, 2.24) is 4.98 Å². The van der Waals surface area contributed by atoms with Crippen LogP contribution in [0.5, 0.6) is 5.88 Å². The zero-order chi connectivity index (χ0) is 19.1. The molecule has 0 fully saturated rings. The molecule has 0 spiro atoms. The van der Waals surface area contributed by atoms with Gasteiger partial charge in [0, 0.05) is 17.2 Å². The zero-order valence-electron chi connectivity index (χ0n) is 13.2. The number of halogens is 5. The van der Waals surface area contributed by atoms with E-state index in [2.05, 4.69) is 4.98 Å². The lowest BCUT2D eigenvalue weighted by Gasteiger charge is -2.27. The van der Waals surface area contributed by atoms with Crippen LogP contribution in [0.15, 0.2) is 24.3 Å². The van der Waals surface area contributed by atoms with Gasteiger partial charge in [-0.1, -0.05) is 0 Å². The van der Waals surface area contributed by atoms with Gasteiger partial charge in [-0.05, 0) is 36.6 Å². The van der Waals surface area contributed by atoms with Gasteiger partial charge in [-0.2, -0.15) is 13.2 Å². The van der Waals surface area contributed by atoms with E-state index in [1.165, 1.54) is 12.1 Å². The number of pyridine rings is 1. The molecule has 0 radical (unpaired) electrons. The maximum Gasteiger partial charge on any atom is 0.392 e. The maximum absolute atomic E-state index is 14.2. The number of hydrogen-bond acceptors (Lipinski definition) is 3. The molecule has 1 aliphatic heterocycles. The number of primary amides is 1. The predicted molar refractivity (Wildman–Crippen MR) is 81.5 cm³/mol. The summed E-state index contributed by atoms with van der Waals surface area (Å²) in [7, 11) is 0. The molecule has 3 rings (SSSR count). The van der Waals surface area contributed by atoms with Crippen LogP contribution in [0, 0.1) is 11.6 Å². The zero-order valence-corrected chi connectivity index (χ0v) is 13.2. The van der Waals surface area contributed by atoms with E-state index in [1.807, 2.05) is 0 Å². The fourth-order valence-electron chi connectivity index (χ4n) is 2.89. The Hall–Kier alpha value is -2.71. The molecule has 1 aromatic carbocycles. The van der Waals surface area contributed by atoms with Crippen molar-refractivity contribution in [3.63, 3.8) is 0 Å². The summed E-state index contributed by atoms with van der Waals surface area (Å²) in [6.45, 7) is 0. The number of alkyl halides is 3. The van der Waals surface area contributed by atoms with Crippen molar-refractivity contribution in [2.45, 2.75) is 31.5 Å². The summed E-state index contributed by atoms with van der Waals surface area (Å²) in [5.41, 5.74) is 5.43. The molecule has 2 aromatic rings. The molecule has 26 heavy (non-hydrogen) atoms. The lowest BCUT2D eigenvalue weighted by Crippen LogP contribution is -2.30. The van der Waals surface area contributed by atoms with E-state index in [-0.39, 0.29) is 35.5 Å². The number of fused-ring (bicyclic) bond motifs is 1. The molecule has 2 N–H and O–H groups in total. The summed E-state index contributed by atoms with van der Waals surface area (Å²) < 4.78 is 70.4. The van der Waals surface area contributed by atoms with E-state index in [4.69, 9.17) is 10.5 Å². The Bertz CT molecular complexity index is 867. The van der Waals surface area contributed by atoms with Gasteiger partial charge in [0.2, 0.25) is 5.88 Å². The molecule has 0 saturated heterocycles. The van der Waals surface area contributed by atoms with Gasteiger partial charge in [-0.3, -0.25) is 4.79 Å². The van der Waals surface area contributed by atoms with Crippen molar-refractivity contribution in [3.05, 3.63) is 47.2 Å². The van der Waals surface area contributed by atoms with E-state index >= 15 is 0 Å². The van der Waals surface area contributed by atoms with Crippen LogP contribution in [0.3, 0.4) is 0 Å². The number of aromatic nitrogens is 1. The van der Waals surface area contributed by atoms with Gasteiger partial charge in [0.25, 0.3) is 5.91 Å². The van der Waals surface area contributed by atoms with Crippen LogP contribution < -0.4 is 10.5 Å². The van der Waals surface area contributed by atoms with Gasteiger partial charge in [-0.25, -0.2) is 13.8 Å². The van der Waals surface area contributed by atoms with E-state index in [9.17, 15) is 26.7 Å². The van der Waals surface area contributed by atoms with Crippen molar-refractivity contribution in [1.29, 1.82) is 0 Å². The van der Waals surface area contributed by atoms with Crippen molar-refractivity contribution >= 4 is 5.91 Å². The largest absolute Gasteiger partial charge is 0.474 e. The third-order valence-electron chi connectivity index (χ3n) is 4.01. The first-order chi connectivity index (χ1) is 12.1. The molecule has 138 valence electrons. The third kappa shape index (κ3) is 3.76. The van der Waals surface area contributed by atoms with Gasteiger partial charge in [-0.15, -0.1) is 0 Å². The Labute approximate surface area is 144 Å². The lowest BCUT2D eigenvalue weighted by atomic mass is 9.93. The van der Waals surface area contributed by atoms with Gasteiger partial charge >= 0.3 is 6.18 Å². The van der Waals surface area contributed by atoms with E-state index < -0.39 is 36.2 Å². The molecule has 2 heterocycles. The molecule has 0 saturated carbocycles. The van der Waals surface area contributed by atoms with Gasteiger partial charge in [0.1, 0.15) is 23.4 Å². The van der Waals surface area contributed by atoms with Crippen LogP contribution in [0.4, 0.5) is 22.0 Å². The number of carbonyl (C=O) groups is 1. The maximum atomic E-state index is 14.2. The molecule has 4 nitrogen and oxygen atoms in total. The SMILES string of the molecule is NC(=O)c1cc(-c2ccc(F)cc2F)c2c(n1)O[C@H](CC(F)(F)F)CC2. The Kier molecular flexibility index (Phi) is 4.55. The van der Waals surface area contributed by atoms with Crippen molar-refractivity contribution in [2.75, 3.05) is 0 Å². The number of rotatable bonds is 3. The fourth-order valence-corrected chi connectivity index (χ4v) is 2.89. The molecule has 0 aliphatic carbocycles. The van der Waals surface area contributed by atoms with Gasteiger partial charge in [0.15, 0.2) is 0 Å². The van der Waals surface area contributed by atoms with Crippen molar-refractivity contribution in [3.8, 4) is 17.0 Å².